The van der Waals surface area contributed by atoms with Crippen LogP contribution in [0.25, 0.3) is 0 Å². The van der Waals surface area contributed by atoms with Gasteiger partial charge >= 0.3 is 0 Å². The maximum Gasteiger partial charge on any atom is 0.168 e. The predicted octanol–water partition coefficient (Wildman–Crippen LogP) is -0.519. The van der Waals surface area contributed by atoms with Crippen LogP contribution in [0, 0.1) is 0 Å². The van der Waals surface area contributed by atoms with Gasteiger partial charge in [-0.05, 0) is 20.5 Å². The van der Waals surface area contributed by atoms with Gasteiger partial charge in [0.05, 0.1) is 0 Å². The molecule has 0 saturated heterocycles. The van der Waals surface area contributed by atoms with Crippen LogP contribution in [0.15, 0.2) is 0 Å². The van der Waals surface area contributed by atoms with Crippen molar-refractivity contribution in [2.75, 3.05) is 13.6 Å². The minimum Gasteiger partial charge on any atom is -0.363 e. The van der Waals surface area contributed by atoms with Crippen molar-refractivity contribution in [3.63, 3.8) is 0 Å². The van der Waals surface area contributed by atoms with E-state index in [4.69, 9.17) is 5.11 Å². The molecule has 50 valence electrons. The second-order valence-corrected chi connectivity index (χ2v) is 1.85. The maximum absolute atomic E-state index is 9.10. The first-order valence-electron chi connectivity index (χ1n) is 2.78. The average Bonchev–Trinajstić information content (AvgIpc) is 1.67. The molecular weight excluding hydrogens is 104 g/mol. The first-order valence-corrected chi connectivity index (χ1v) is 2.78. The molecule has 0 aliphatic rings. The fourth-order valence-electron chi connectivity index (χ4n) is 0.433. The lowest BCUT2D eigenvalue weighted by Gasteiger charge is -2.22. The number of nitrogens with one attached hydrogen (secondary N) is 2. The van der Waals surface area contributed by atoms with Gasteiger partial charge in [0.25, 0.3) is 0 Å². The second-order valence-electron chi connectivity index (χ2n) is 1.85. The highest BCUT2D eigenvalue weighted by Crippen LogP contribution is 1.86. The second kappa shape index (κ2) is 3.02. The Morgan fingerprint density at radius 1 is 1.62 bits per heavy atom. The SMILES string of the molecule is CCNC(C)(O)NC. The van der Waals surface area contributed by atoms with Gasteiger partial charge in [-0.3, -0.25) is 10.6 Å². The molecule has 0 heterocycles. The van der Waals surface area contributed by atoms with Crippen molar-refractivity contribution in [2.45, 2.75) is 19.7 Å². The monoisotopic (exact) mass is 118 g/mol. The summed E-state index contributed by atoms with van der Waals surface area (Å²) in [6, 6.07) is 0. The summed E-state index contributed by atoms with van der Waals surface area (Å²) in [5, 5.41) is 14.6. The zero-order chi connectivity index (χ0) is 6.62. The molecule has 0 aromatic carbocycles. The Labute approximate surface area is 50.1 Å². The molecule has 3 N–H and O–H groups in total. The van der Waals surface area contributed by atoms with E-state index in [9.17, 15) is 0 Å². The van der Waals surface area contributed by atoms with Crippen LogP contribution in [0.1, 0.15) is 13.8 Å². The average molecular weight is 118 g/mol. The van der Waals surface area contributed by atoms with Gasteiger partial charge in [0.2, 0.25) is 0 Å². The summed E-state index contributed by atoms with van der Waals surface area (Å²) in [7, 11) is 1.70. The smallest absolute Gasteiger partial charge is 0.168 e. The first kappa shape index (κ1) is 7.88. The number of hydrogen-bond donors (Lipinski definition) is 3. The number of hydrogen-bond acceptors (Lipinski definition) is 3. The predicted molar refractivity (Wildman–Crippen MR) is 33.4 cm³/mol. The molecule has 0 radical (unpaired) electrons. The van der Waals surface area contributed by atoms with Crippen LogP contribution in [0.3, 0.4) is 0 Å². The van der Waals surface area contributed by atoms with Gasteiger partial charge in [-0.1, -0.05) is 6.92 Å². The van der Waals surface area contributed by atoms with E-state index in [1.54, 1.807) is 14.0 Å². The lowest BCUT2D eigenvalue weighted by Crippen LogP contribution is -2.52. The third-order valence-corrected chi connectivity index (χ3v) is 1.01. The fraction of sp³-hybridized carbons (Fsp3) is 1.00. The summed E-state index contributed by atoms with van der Waals surface area (Å²) in [6.45, 7) is 4.36. The summed E-state index contributed by atoms with van der Waals surface area (Å²) >= 11 is 0. The van der Waals surface area contributed by atoms with Crippen LogP contribution in [0.5, 0.6) is 0 Å². The minimum atomic E-state index is -0.908. The summed E-state index contributed by atoms with van der Waals surface area (Å²) in [6.07, 6.45) is 0. The normalized spacial score (nSPS) is 18.0. The molecule has 0 aliphatic carbocycles. The minimum absolute atomic E-state index is 0.758. The van der Waals surface area contributed by atoms with Crippen molar-refractivity contribution in [2.24, 2.45) is 0 Å². The molecular formula is C5H14N2O. The van der Waals surface area contributed by atoms with Crippen LogP contribution < -0.4 is 10.6 Å². The van der Waals surface area contributed by atoms with Gasteiger partial charge in [-0.15, -0.1) is 0 Å². The van der Waals surface area contributed by atoms with Crippen LogP contribution in [0.2, 0.25) is 0 Å². The molecule has 3 heteroatoms. The molecule has 1 atom stereocenters. The Balaban J connectivity index is 3.37. The van der Waals surface area contributed by atoms with E-state index >= 15 is 0 Å². The molecule has 0 bridgehead atoms. The van der Waals surface area contributed by atoms with Crippen molar-refractivity contribution in [1.82, 2.24) is 10.6 Å². The van der Waals surface area contributed by atoms with Crippen molar-refractivity contribution >= 4 is 0 Å². The number of rotatable bonds is 3. The van der Waals surface area contributed by atoms with E-state index in [1.807, 2.05) is 6.92 Å². The highest BCUT2D eigenvalue weighted by molar-refractivity contribution is 4.60. The lowest BCUT2D eigenvalue weighted by molar-refractivity contribution is -0.000725. The van der Waals surface area contributed by atoms with E-state index in [0.717, 1.165) is 6.54 Å². The number of aliphatic hydroxyl groups is 1. The van der Waals surface area contributed by atoms with E-state index in [0.29, 0.717) is 0 Å². The fourth-order valence-corrected chi connectivity index (χ4v) is 0.433. The van der Waals surface area contributed by atoms with Crippen molar-refractivity contribution in [3.8, 4) is 0 Å². The van der Waals surface area contributed by atoms with Crippen molar-refractivity contribution in [3.05, 3.63) is 0 Å². The first-order chi connectivity index (χ1) is 3.62. The maximum atomic E-state index is 9.10. The Morgan fingerprint density at radius 2 is 2.12 bits per heavy atom. The van der Waals surface area contributed by atoms with E-state index in [-0.39, 0.29) is 0 Å². The largest absolute Gasteiger partial charge is 0.363 e. The van der Waals surface area contributed by atoms with E-state index in [2.05, 4.69) is 10.6 Å². The third-order valence-electron chi connectivity index (χ3n) is 1.01. The van der Waals surface area contributed by atoms with Crippen molar-refractivity contribution < 1.29 is 5.11 Å². The van der Waals surface area contributed by atoms with Gasteiger partial charge in [0, 0.05) is 0 Å². The molecule has 0 rings (SSSR count). The zero-order valence-electron chi connectivity index (χ0n) is 5.65. The lowest BCUT2D eigenvalue weighted by atomic mass is 10.4. The van der Waals surface area contributed by atoms with Crippen LogP contribution >= 0.6 is 0 Å². The molecule has 0 fully saturated rings. The molecule has 8 heavy (non-hydrogen) atoms. The van der Waals surface area contributed by atoms with E-state index in [1.165, 1.54) is 0 Å². The Morgan fingerprint density at radius 3 is 2.25 bits per heavy atom. The summed E-state index contributed by atoms with van der Waals surface area (Å²) in [5.41, 5.74) is 0. The Bertz CT molecular complexity index is 63.4. The highest BCUT2D eigenvalue weighted by atomic mass is 16.3. The quantitative estimate of drug-likeness (QED) is 0.437. The summed E-state index contributed by atoms with van der Waals surface area (Å²) in [5.74, 6) is -0.908. The molecule has 0 aromatic heterocycles. The molecule has 1 unspecified atom stereocenters. The third kappa shape index (κ3) is 2.96. The topological polar surface area (TPSA) is 44.3 Å². The molecule has 0 spiro atoms. The molecule has 0 aliphatic heterocycles. The summed E-state index contributed by atoms with van der Waals surface area (Å²) < 4.78 is 0. The Hall–Kier alpha value is -0.120. The Kier molecular flexibility index (Phi) is 2.97. The van der Waals surface area contributed by atoms with Gasteiger partial charge in [0.1, 0.15) is 0 Å². The van der Waals surface area contributed by atoms with Gasteiger partial charge in [-0.2, -0.15) is 0 Å². The van der Waals surface area contributed by atoms with Crippen LogP contribution in [-0.4, -0.2) is 24.5 Å². The van der Waals surface area contributed by atoms with Gasteiger partial charge in [0.15, 0.2) is 5.85 Å². The van der Waals surface area contributed by atoms with Crippen LogP contribution in [-0.2, 0) is 0 Å². The van der Waals surface area contributed by atoms with Crippen LogP contribution in [0.4, 0.5) is 0 Å². The molecule has 0 saturated carbocycles. The zero-order valence-corrected chi connectivity index (χ0v) is 5.65. The molecule has 0 amide bonds. The van der Waals surface area contributed by atoms with E-state index < -0.39 is 5.85 Å². The highest BCUT2D eigenvalue weighted by Gasteiger charge is 2.12. The van der Waals surface area contributed by atoms with Gasteiger partial charge < -0.3 is 5.11 Å². The van der Waals surface area contributed by atoms with Crippen molar-refractivity contribution in [1.29, 1.82) is 0 Å². The van der Waals surface area contributed by atoms with Gasteiger partial charge in [-0.25, -0.2) is 0 Å². The summed E-state index contributed by atoms with van der Waals surface area (Å²) in [4.78, 5) is 0. The molecule has 3 nitrogen and oxygen atoms in total. The standard InChI is InChI=1S/C5H14N2O/c1-4-7-5(2,8)6-3/h6-8H,4H2,1-3H3. The molecule has 0 aromatic rings.